The summed E-state index contributed by atoms with van der Waals surface area (Å²) in [6.07, 6.45) is 13.7. The van der Waals surface area contributed by atoms with Gasteiger partial charge in [0.2, 0.25) is 10.0 Å². The van der Waals surface area contributed by atoms with Crippen molar-refractivity contribution in [3.63, 3.8) is 0 Å². The second-order valence-corrected chi connectivity index (χ2v) is 20.3. The molecule has 4 fully saturated rings. The van der Waals surface area contributed by atoms with Gasteiger partial charge in [-0.05, 0) is 162 Å². The van der Waals surface area contributed by atoms with Crippen LogP contribution in [0.2, 0.25) is 0 Å². The fourth-order valence-corrected chi connectivity index (χ4v) is 14.2. The third-order valence-electron chi connectivity index (χ3n) is 16.3. The largest absolute Gasteiger partial charge is 0.478 e. The Bertz CT molecular complexity index is 1850. The lowest BCUT2D eigenvalue weighted by Gasteiger charge is -2.72. The van der Waals surface area contributed by atoms with Gasteiger partial charge in [0.05, 0.1) is 10.5 Å². The van der Waals surface area contributed by atoms with E-state index in [-0.39, 0.29) is 32.0 Å². The van der Waals surface area contributed by atoms with Crippen LogP contribution in [-0.2, 0) is 16.6 Å². The van der Waals surface area contributed by atoms with Gasteiger partial charge in [-0.25, -0.2) is 18.4 Å². The molecule has 7 heteroatoms. The first-order valence-electron chi connectivity index (χ1n) is 19.4. The normalized spacial score (nSPS) is 38.4. The van der Waals surface area contributed by atoms with E-state index in [1.165, 1.54) is 68.1 Å². The first-order chi connectivity index (χ1) is 23.9. The molecule has 0 bridgehead atoms. The molecular formula is C44H60N2O4S. The number of fused-ring (bicyclic) bond motifs is 7. The average Bonchev–Trinajstić information content (AvgIpc) is 3.45. The van der Waals surface area contributed by atoms with E-state index >= 15 is 0 Å². The lowest BCUT2D eigenvalue weighted by molar-refractivity contribution is -0.225. The number of aromatic carboxylic acids is 1. The van der Waals surface area contributed by atoms with Crippen molar-refractivity contribution >= 4 is 21.6 Å². The molecule has 4 N–H and O–H groups in total. The van der Waals surface area contributed by atoms with Crippen LogP contribution in [0.15, 0.2) is 71.7 Å². The van der Waals surface area contributed by atoms with Gasteiger partial charge in [-0.3, -0.25) is 0 Å². The minimum Gasteiger partial charge on any atom is -0.478 e. The van der Waals surface area contributed by atoms with E-state index in [0.717, 1.165) is 18.5 Å². The number of benzene rings is 2. The molecule has 5 aliphatic carbocycles. The summed E-state index contributed by atoms with van der Waals surface area (Å²) in [5, 5.41) is 18.7. The van der Waals surface area contributed by atoms with E-state index in [1.54, 1.807) is 24.3 Å². The van der Waals surface area contributed by atoms with Crippen LogP contribution in [0.1, 0.15) is 121 Å². The summed E-state index contributed by atoms with van der Waals surface area (Å²) in [5.41, 5.74) is 6.32. The van der Waals surface area contributed by atoms with Crippen LogP contribution in [0, 0.1) is 56.7 Å². The van der Waals surface area contributed by atoms with E-state index in [9.17, 15) is 18.3 Å². The summed E-state index contributed by atoms with van der Waals surface area (Å²) < 4.78 is 23.5. The number of carboxylic acids is 1. The SMILES string of the molecule is C=C(C)[C@@H]1CC[C@]2(CNCc3ccc(S(N)(=O)=O)cc3)CC[C@]3(C)[C@H](CC[C@@H]4[C@@]5(C)CC=C(c6ccc(C(=O)O)cc6)C(C)(C)[C@@H]5CC[C@]43C)[C@@H]12. The van der Waals surface area contributed by atoms with Crippen molar-refractivity contribution in [3.8, 4) is 0 Å². The summed E-state index contributed by atoms with van der Waals surface area (Å²) >= 11 is 0. The van der Waals surface area contributed by atoms with Crippen LogP contribution >= 0.6 is 0 Å². The molecule has 0 aliphatic heterocycles. The molecule has 7 rings (SSSR count). The molecule has 0 unspecified atom stereocenters. The number of hydrogen-bond acceptors (Lipinski definition) is 4. The highest BCUT2D eigenvalue weighted by atomic mass is 32.2. The third kappa shape index (κ3) is 5.62. The third-order valence-corrected chi connectivity index (χ3v) is 17.2. The Balaban J connectivity index is 1.15. The minimum absolute atomic E-state index is 0.000390. The second kappa shape index (κ2) is 12.4. The average molecular weight is 713 g/mol. The molecule has 0 heterocycles. The zero-order valence-electron chi connectivity index (χ0n) is 31.7. The minimum atomic E-state index is -3.70. The Labute approximate surface area is 306 Å². The lowest BCUT2D eigenvalue weighted by Crippen LogP contribution is -2.65. The van der Waals surface area contributed by atoms with Crippen LogP contribution in [0.5, 0.6) is 0 Å². The fraction of sp³-hybridized carbons (Fsp3) is 0.614. The molecule has 2 aromatic carbocycles. The molecule has 51 heavy (non-hydrogen) atoms. The number of hydrogen-bond donors (Lipinski definition) is 3. The predicted octanol–water partition coefficient (Wildman–Crippen LogP) is 9.47. The van der Waals surface area contributed by atoms with E-state index in [0.29, 0.717) is 41.7 Å². The Morgan fingerprint density at radius 3 is 2.20 bits per heavy atom. The van der Waals surface area contributed by atoms with Gasteiger partial charge in [-0.2, -0.15) is 0 Å². The molecule has 0 spiro atoms. The van der Waals surface area contributed by atoms with Gasteiger partial charge in [0.25, 0.3) is 0 Å². The van der Waals surface area contributed by atoms with Crippen LogP contribution in [-0.4, -0.2) is 26.0 Å². The summed E-state index contributed by atoms with van der Waals surface area (Å²) in [6.45, 7) is 21.5. The molecule has 0 aromatic heterocycles. The van der Waals surface area contributed by atoms with Crippen molar-refractivity contribution in [3.05, 3.63) is 83.4 Å². The van der Waals surface area contributed by atoms with Crippen LogP contribution in [0.3, 0.4) is 0 Å². The monoisotopic (exact) mass is 712 g/mol. The van der Waals surface area contributed by atoms with Crippen LogP contribution in [0.4, 0.5) is 0 Å². The van der Waals surface area contributed by atoms with Gasteiger partial charge in [0, 0.05) is 13.1 Å². The van der Waals surface area contributed by atoms with Crippen LogP contribution in [0.25, 0.3) is 5.57 Å². The van der Waals surface area contributed by atoms with Crippen molar-refractivity contribution in [1.82, 2.24) is 5.32 Å². The van der Waals surface area contributed by atoms with Gasteiger partial charge < -0.3 is 10.4 Å². The van der Waals surface area contributed by atoms with Gasteiger partial charge in [0.15, 0.2) is 0 Å². The predicted molar refractivity (Wildman–Crippen MR) is 205 cm³/mol. The highest BCUT2D eigenvalue weighted by Crippen LogP contribution is 2.77. The zero-order valence-corrected chi connectivity index (χ0v) is 32.5. The number of nitrogens with two attached hydrogens (primary N) is 1. The number of carbonyl (C=O) groups is 1. The molecular weight excluding hydrogens is 653 g/mol. The van der Waals surface area contributed by atoms with Crippen molar-refractivity contribution in [2.24, 2.45) is 61.8 Å². The Morgan fingerprint density at radius 2 is 1.57 bits per heavy atom. The van der Waals surface area contributed by atoms with Crippen LogP contribution < -0.4 is 10.5 Å². The summed E-state index contributed by atoms with van der Waals surface area (Å²) in [7, 11) is -3.70. The number of nitrogens with one attached hydrogen (secondary N) is 1. The summed E-state index contributed by atoms with van der Waals surface area (Å²) in [5.74, 6) is 2.21. The van der Waals surface area contributed by atoms with Crippen molar-refractivity contribution < 1.29 is 18.3 Å². The molecule has 6 nitrogen and oxygen atoms in total. The number of rotatable bonds is 8. The van der Waals surface area contributed by atoms with E-state index in [1.807, 2.05) is 24.3 Å². The van der Waals surface area contributed by atoms with Crippen molar-refractivity contribution in [2.75, 3.05) is 6.54 Å². The van der Waals surface area contributed by atoms with Gasteiger partial charge in [0.1, 0.15) is 0 Å². The summed E-state index contributed by atoms with van der Waals surface area (Å²) in [4.78, 5) is 11.7. The molecule has 276 valence electrons. The van der Waals surface area contributed by atoms with Gasteiger partial charge in [-0.1, -0.05) is 77.1 Å². The Morgan fingerprint density at radius 1 is 0.882 bits per heavy atom. The molecule has 0 amide bonds. The fourth-order valence-electron chi connectivity index (χ4n) is 13.7. The topological polar surface area (TPSA) is 109 Å². The second-order valence-electron chi connectivity index (χ2n) is 18.8. The molecule has 9 atom stereocenters. The van der Waals surface area contributed by atoms with E-state index < -0.39 is 16.0 Å². The maximum atomic E-state index is 11.8. The summed E-state index contributed by atoms with van der Waals surface area (Å²) in [6, 6.07) is 14.5. The number of sulfonamides is 1. The molecule has 0 saturated heterocycles. The van der Waals surface area contributed by atoms with E-state index in [2.05, 4.69) is 59.5 Å². The maximum absolute atomic E-state index is 11.8. The highest BCUT2D eigenvalue weighted by Gasteiger charge is 2.70. The lowest BCUT2D eigenvalue weighted by atomic mass is 9.32. The molecule has 0 radical (unpaired) electrons. The zero-order chi connectivity index (χ0) is 36.8. The maximum Gasteiger partial charge on any atom is 0.335 e. The smallest absolute Gasteiger partial charge is 0.335 e. The Kier molecular flexibility index (Phi) is 8.91. The quantitative estimate of drug-likeness (QED) is 0.236. The van der Waals surface area contributed by atoms with Crippen molar-refractivity contribution in [2.45, 2.75) is 111 Å². The van der Waals surface area contributed by atoms with Gasteiger partial charge in [-0.15, -0.1) is 0 Å². The standard InChI is InChI=1S/C44H60N2O4S/c1-28(2)33-18-23-44(27-46-26-29-8-14-32(15-9-29)51(45,49)50)25-24-42(6)35(38(33)44)16-17-37-41(5)21-19-34(30-10-12-31(13-11-30)39(47)48)40(3,4)36(41)20-22-43(37,42)7/h8-15,19,33,35-38,46H,1,16-18,20-27H2,2-7H3,(H,47,48)(H2,45,49,50)/t33-,35+,36-,37+,38+,41-,42+,43+,44+/m0/s1. The first kappa shape index (κ1) is 36.6. The first-order valence-corrected chi connectivity index (χ1v) is 20.9. The van der Waals surface area contributed by atoms with Crippen molar-refractivity contribution in [1.29, 1.82) is 0 Å². The number of primary sulfonamides is 1. The molecule has 5 aliphatic rings. The molecule has 2 aromatic rings. The Hall–Kier alpha value is -2.74. The number of allylic oxidation sites excluding steroid dienone is 3. The number of carboxylic acid groups (broad SMARTS) is 1. The molecule has 4 saturated carbocycles. The van der Waals surface area contributed by atoms with Gasteiger partial charge >= 0.3 is 5.97 Å². The highest BCUT2D eigenvalue weighted by molar-refractivity contribution is 7.89. The van der Waals surface area contributed by atoms with E-state index in [4.69, 9.17) is 5.14 Å².